The number of carbonyl (C=O) groups is 1. The Kier molecular flexibility index (Phi) is 3.13. The van der Waals surface area contributed by atoms with Crippen LogP contribution in [0.5, 0.6) is 0 Å². The minimum absolute atomic E-state index is 0.632. The lowest BCUT2D eigenvalue weighted by atomic mass is 10.0. The quantitative estimate of drug-likeness (QED) is 0.682. The Bertz CT molecular complexity index is 747. The van der Waals surface area contributed by atoms with Gasteiger partial charge in [0.05, 0.1) is 0 Å². The summed E-state index contributed by atoms with van der Waals surface area (Å²) in [5, 5.41) is 8.85. The van der Waals surface area contributed by atoms with Crippen LogP contribution in [0.2, 0.25) is 0 Å². The van der Waals surface area contributed by atoms with E-state index in [1.807, 2.05) is 48.5 Å². The molecule has 0 aliphatic heterocycles. The molecule has 0 unspecified atom stereocenters. The van der Waals surface area contributed by atoms with Crippen LogP contribution in [-0.2, 0) is 7.05 Å². The van der Waals surface area contributed by atoms with Gasteiger partial charge in [0.15, 0.2) is 0 Å². The Morgan fingerprint density at radius 2 is 1.55 bits per heavy atom. The second kappa shape index (κ2) is 5.09. The van der Waals surface area contributed by atoms with Crippen LogP contribution in [0.15, 0.2) is 54.6 Å². The number of hydrogen-bond donors (Lipinski definition) is 0. The largest absolute Gasteiger partial charge is 0.298 e. The van der Waals surface area contributed by atoms with E-state index in [9.17, 15) is 4.79 Å². The van der Waals surface area contributed by atoms with Crippen molar-refractivity contribution in [2.24, 2.45) is 7.05 Å². The number of benzene rings is 2. The van der Waals surface area contributed by atoms with Crippen LogP contribution in [0.3, 0.4) is 0 Å². The van der Waals surface area contributed by atoms with Crippen LogP contribution in [0, 0.1) is 0 Å². The summed E-state index contributed by atoms with van der Waals surface area (Å²) in [5.74, 6) is 0. The maximum atomic E-state index is 10.9. The molecule has 98 valence electrons. The zero-order valence-corrected chi connectivity index (χ0v) is 11.0. The zero-order valence-electron chi connectivity index (χ0n) is 11.0. The molecule has 0 amide bonds. The van der Waals surface area contributed by atoms with Crippen molar-refractivity contribution < 1.29 is 4.79 Å². The van der Waals surface area contributed by atoms with Gasteiger partial charge in [-0.2, -0.15) is 15.0 Å². The lowest BCUT2D eigenvalue weighted by Crippen LogP contribution is -1.92. The third-order valence-electron chi connectivity index (χ3n) is 3.06. The summed E-state index contributed by atoms with van der Waals surface area (Å²) in [6.07, 6.45) is 0.835. The van der Waals surface area contributed by atoms with E-state index in [0.717, 1.165) is 28.8 Å². The van der Waals surface area contributed by atoms with Crippen molar-refractivity contribution in [1.82, 2.24) is 15.0 Å². The summed E-state index contributed by atoms with van der Waals surface area (Å²) in [6, 6.07) is 17.3. The highest BCUT2D eigenvalue weighted by Crippen LogP contribution is 2.28. The fourth-order valence-corrected chi connectivity index (χ4v) is 2.15. The summed E-state index contributed by atoms with van der Waals surface area (Å²) in [4.78, 5) is 12.5. The maximum Gasteiger partial charge on any atom is 0.150 e. The van der Waals surface area contributed by atoms with Crippen molar-refractivity contribution in [1.29, 1.82) is 0 Å². The summed E-state index contributed by atoms with van der Waals surface area (Å²) >= 11 is 0. The molecule has 0 N–H and O–H groups in total. The third kappa shape index (κ3) is 2.23. The molecule has 20 heavy (non-hydrogen) atoms. The van der Waals surface area contributed by atoms with Gasteiger partial charge in [-0.3, -0.25) is 4.79 Å². The molecule has 0 spiro atoms. The number of aromatic nitrogens is 3. The molecule has 2 aromatic carbocycles. The van der Waals surface area contributed by atoms with Crippen LogP contribution in [-0.4, -0.2) is 21.3 Å². The van der Waals surface area contributed by atoms with Crippen molar-refractivity contribution in [3.05, 3.63) is 60.2 Å². The van der Waals surface area contributed by atoms with Gasteiger partial charge in [-0.05, 0) is 6.07 Å². The Labute approximate surface area is 116 Å². The smallest absolute Gasteiger partial charge is 0.150 e. The van der Waals surface area contributed by atoms with Gasteiger partial charge in [-0.25, -0.2) is 0 Å². The van der Waals surface area contributed by atoms with E-state index < -0.39 is 0 Å². The molecule has 4 heteroatoms. The summed E-state index contributed by atoms with van der Waals surface area (Å²) < 4.78 is 0. The normalized spacial score (nSPS) is 10.4. The second-order valence-corrected chi connectivity index (χ2v) is 4.50. The van der Waals surface area contributed by atoms with Crippen LogP contribution < -0.4 is 0 Å². The third-order valence-corrected chi connectivity index (χ3v) is 3.06. The van der Waals surface area contributed by atoms with Gasteiger partial charge in [0.25, 0.3) is 0 Å². The predicted octanol–water partition coefficient (Wildman–Crippen LogP) is 2.96. The summed E-state index contributed by atoms with van der Waals surface area (Å²) in [5.41, 5.74) is 4.12. The lowest BCUT2D eigenvalue weighted by Gasteiger charge is -2.01. The lowest BCUT2D eigenvalue weighted by molar-refractivity contribution is 0.112. The number of nitrogens with zero attached hydrogens (tertiary/aromatic N) is 3. The first-order valence-electron chi connectivity index (χ1n) is 6.30. The van der Waals surface area contributed by atoms with E-state index in [0.29, 0.717) is 5.56 Å². The molecule has 3 rings (SSSR count). The van der Waals surface area contributed by atoms with Gasteiger partial charge in [-0.15, -0.1) is 0 Å². The van der Waals surface area contributed by atoms with Crippen LogP contribution >= 0.6 is 0 Å². The number of aldehydes is 1. The Balaban J connectivity index is 2.17. The van der Waals surface area contributed by atoms with E-state index >= 15 is 0 Å². The van der Waals surface area contributed by atoms with E-state index in [4.69, 9.17) is 0 Å². The van der Waals surface area contributed by atoms with Gasteiger partial charge in [0, 0.05) is 23.7 Å². The molecular weight excluding hydrogens is 250 g/mol. The average molecular weight is 263 g/mol. The molecule has 0 atom stereocenters. The Hall–Kier alpha value is -2.75. The average Bonchev–Trinajstić information content (AvgIpc) is 2.90. The number of rotatable bonds is 3. The van der Waals surface area contributed by atoms with Crippen LogP contribution in [0.4, 0.5) is 0 Å². The Morgan fingerprint density at radius 3 is 2.25 bits per heavy atom. The molecule has 4 nitrogen and oxygen atoms in total. The van der Waals surface area contributed by atoms with Crippen molar-refractivity contribution in [3.8, 4) is 22.5 Å². The second-order valence-electron chi connectivity index (χ2n) is 4.50. The van der Waals surface area contributed by atoms with Gasteiger partial charge in [0.2, 0.25) is 0 Å². The molecule has 3 aromatic rings. The molecule has 0 aliphatic rings. The molecule has 0 bridgehead atoms. The van der Waals surface area contributed by atoms with E-state index in [1.54, 1.807) is 17.9 Å². The molecule has 0 saturated heterocycles. The highest BCUT2D eigenvalue weighted by molar-refractivity contribution is 5.82. The SMILES string of the molecule is Cn1nc(-c2ccccc2)c(-c2cccc(C=O)c2)n1. The van der Waals surface area contributed by atoms with E-state index in [2.05, 4.69) is 10.2 Å². The van der Waals surface area contributed by atoms with Crippen molar-refractivity contribution in [2.75, 3.05) is 0 Å². The van der Waals surface area contributed by atoms with E-state index in [-0.39, 0.29) is 0 Å². The molecule has 1 heterocycles. The van der Waals surface area contributed by atoms with Gasteiger partial charge < -0.3 is 0 Å². The fraction of sp³-hybridized carbons (Fsp3) is 0.0625. The van der Waals surface area contributed by atoms with Crippen molar-refractivity contribution in [2.45, 2.75) is 0 Å². The first-order valence-corrected chi connectivity index (χ1v) is 6.30. The highest BCUT2D eigenvalue weighted by Gasteiger charge is 2.13. The van der Waals surface area contributed by atoms with Crippen LogP contribution in [0.25, 0.3) is 22.5 Å². The number of carbonyl (C=O) groups excluding carboxylic acids is 1. The maximum absolute atomic E-state index is 10.9. The molecule has 1 aromatic heterocycles. The van der Waals surface area contributed by atoms with Gasteiger partial charge in [0.1, 0.15) is 17.7 Å². The summed E-state index contributed by atoms with van der Waals surface area (Å²) in [6.45, 7) is 0. The van der Waals surface area contributed by atoms with Gasteiger partial charge >= 0.3 is 0 Å². The molecule has 0 fully saturated rings. The molecule has 0 radical (unpaired) electrons. The van der Waals surface area contributed by atoms with E-state index in [1.165, 1.54) is 0 Å². The minimum atomic E-state index is 0.632. The molecule has 0 aliphatic carbocycles. The fourth-order valence-electron chi connectivity index (χ4n) is 2.15. The number of hydrogen-bond acceptors (Lipinski definition) is 3. The van der Waals surface area contributed by atoms with Crippen molar-refractivity contribution in [3.63, 3.8) is 0 Å². The van der Waals surface area contributed by atoms with Crippen LogP contribution in [0.1, 0.15) is 10.4 Å². The van der Waals surface area contributed by atoms with Crippen molar-refractivity contribution >= 4 is 6.29 Å². The monoisotopic (exact) mass is 263 g/mol. The minimum Gasteiger partial charge on any atom is -0.298 e. The summed E-state index contributed by atoms with van der Waals surface area (Å²) in [7, 11) is 1.79. The first-order chi connectivity index (χ1) is 9.78. The zero-order chi connectivity index (χ0) is 13.9. The number of aryl methyl sites for hydroxylation is 1. The highest BCUT2D eigenvalue weighted by atomic mass is 16.1. The van der Waals surface area contributed by atoms with Gasteiger partial charge in [-0.1, -0.05) is 48.5 Å². The standard InChI is InChI=1S/C16H13N3O/c1-19-17-15(13-7-3-2-4-8-13)16(18-19)14-9-5-6-12(10-14)11-20/h2-11H,1H3. The first kappa shape index (κ1) is 12.3. The Morgan fingerprint density at radius 1 is 0.900 bits per heavy atom. The predicted molar refractivity (Wildman–Crippen MR) is 77.3 cm³/mol. The molecular formula is C16H13N3O. The topological polar surface area (TPSA) is 47.8 Å². The molecule has 0 saturated carbocycles.